The van der Waals surface area contributed by atoms with Crippen molar-refractivity contribution in [2.75, 3.05) is 26.9 Å². The van der Waals surface area contributed by atoms with E-state index in [1.807, 2.05) is 18.2 Å². The van der Waals surface area contributed by atoms with Crippen molar-refractivity contribution in [1.82, 2.24) is 0 Å². The molecule has 0 radical (unpaired) electrons. The number of hydrogen-bond donors (Lipinski definition) is 1. The summed E-state index contributed by atoms with van der Waals surface area (Å²) in [6.45, 7) is 3.95. The minimum Gasteiger partial charge on any atom is -0.497 e. The lowest BCUT2D eigenvalue weighted by atomic mass is 9.87. The van der Waals surface area contributed by atoms with E-state index in [1.165, 1.54) is 5.56 Å². The lowest BCUT2D eigenvalue weighted by molar-refractivity contribution is -0.0652. The number of aryl methyl sites for hydroxylation is 1. The van der Waals surface area contributed by atoms with Gasteiger partial charge < -0.3 is 19.3 Å². The third kappa shape index (κ3) is 3.72. The van der Waals surface area contributed by atoms with Gasteiger partial charge in [0.2, 0.25) is 0 Å². The van der Waals surface area contributed by atoms with Crippen LogP contribution in [0.4, 0.5) is 0 Å². The summed E-state index contributed by atoms with van der Waals surface area (Å²) in [4.78, 5) is 0. The first-order chi connectivity index (χ1) is 9.76. The number of ether oxygens (including phenoxy) is 3. The van der Waals surface area contributed by atoms with Gasteiger partial charge in [0.05, 0.1) is 26.4 Å². The largest absolute Gasteiger partial charge is 0.497 e. The summed E-state index contributed by atoms with van der Waals surface area (Å²) in [5.41, 5.74) is 2.11. The monoisotopic (exact) mass is 280 g/mol. The predicted octanol–water partition coefficient (Wildman–Crippen LogP) is 2.49. The van der Waals surface area contributed by atoms with Crippen LogP contribution in [-0.2, 0) is 15.9 Å². The summed E-state index contributed by atoms with van der Waals surface area (Å²) in [7, 11) is 1.63. The summed E-state index contributed by atoms with van der Waals surface area (Å²) >= 11 is 0. The van der Waals surface area contributed by atoms with Crippen LogP contribution < -0.4 is 4.74 Å². The van der Waals surface area contributed by atoms with Crippen molar-refractivity contribution >= 4 is 0 Å². The first-order valence-electron chi connectivity index (χ1n) is 7.30. The fourth-order valence-electron chi connectivity index (χ4n) is 2.54. The van der Waals surface area contributed by atoms with Crippen molar-refractivity contribution in [2.24, 2.45) is 0 Å². The van der Waals surface area contributed by atoms with Gasteiger partial charge in [0.25, 0.3) is 0 Å². The van der Waals surface area contributed by atoms with Crippen LogP contribution in [-0.4, -0.2) is 38.1 Å². The Kier molecular flexibility index (Phi) is 5.83. The van der Waals surface area contributed by atoms with Crippen LogP contribution in [0.2, 0.25) is 0 Å². The first kappa shape index (κ1) is 15.3. The number of rotatable bonds is 7. The fraction of sp³-hybridized carbons (Fsp3) is 0.625. The van der Waals surface area contributed by atoms with E-state index in [0.717, 1.165) is 37.2 Å². The van der Waals surface area contributed by atoms with E-state index in [1.54, 1.807) is 7.11 Å². The Morgan fingerprint density at radius 3 is 2.85 bits per heavy atom. The first-order valence-corrected chi connectivity index (χ1v) is 7.30. The standard InChI is InChI=1S/C16H24O4/c1-3-8-19-9-10-20-15-7-5-12-4-6-13(18-2)11-14(12)16(15)17/h4,6,11,15-17H,3,5,7-10H2,1-2H3. The molecule has 0 amide bonds. The normalized spacial score (nSPS) is 21.6. The Morgan fingerprint density at radius 2 is 2.10 bits per heavy atom. The lowest BCUT2D eigenvalue weighted by Gasteiger charge is -2.30. The van der Waals surface area contributed by atoms with Gasteiger partial charge in [-0.1, -0.05) is 13.0 Å². The van der Waals surface area contributed by atoms with Crippen molar-refractivity contribution in [3.8, 4) is 5.75 Å². The number of aliphatic hydroxyl groups excluding tert-OH is 1. The van der Waals surface area contributed by atoms with Crippen LogP contribution >= 0.6 is 0 Å². The second-order valence-corrected chi connectivity index (χ2v) is 5.07. The lowest BCUT2D eigenvalue weighted by Crippen LogP contribution is -2.29. The van der Waals surface area contributed by atoms with E-state index < -0.39 is 6.10 Å². The molecule has 1 aliphatic carbocycles. The summed E-state index contributed by atoms with van der Waals surface area (Å²) in [6.07, 6.45) is 2.05. The third-order valence-electron chi connectivity index (χ3n) is 3.63. The molecule has 1 aromatic carbocycles. The third-order valence-corrected chi connectivity index (χ3v) is 3.63. The molecular formula is C16H24O4. The van der Waals surface area contributed by atoms with Crippen molar-refractivity contribution in [3.05, 3.63) is 29.3 Å². The molecule has 0 saturated heterocycles. The molecule has 0 spiro atoms. The molecule has 0 aliphatic heterocycles. The smallest absolute Gasteiger partial charge is 0.119 e. The zero-order chi connectivity index (χ0) is 14.4. The van der Waals surface area contributed by atoms with E-state index in [4.69, 9.17) is 14.2 Å². The van der Waals surface area contributed by atoms with Crippen LogP contribution in [0.3, 0.4) is 0 Å². The number of methoxy groups -OCH3 is 1. The molecule has 1 aliphatic rings. The van der Waals surface area contributed by atoms with E-state index in [9.17, 15) is 5.11 Å². The average Bonchev–Trinajstić information content (AvgIpc) is 2.49. The average molecular weight is 280 g/mol. The SMILES string of the molecule is CCCOCCOC1CCc2ccc(OC)cc2C1O. The molecule has 4 nitrogen and oxygen atoms in total. The molecule has 0 bridgehead atoms. The van der Waals surface area contributed by atoms with Gasteiger partial charge >= 0.3 is 0 Å². The van der Waals surface area contributed by atoms with Gasteiger partial charge in [0, 0.05) is 6.61 Å². The van der Waals surface area contributed by atoms with Gasteiger partial charge in [-0.15, -0.1) is 0 Å². The zero-order valence-corrected chi connectivity index (χ0v) is 12.3. The van der Waals surface area contributed by atoms with Crippen molar-refractivity contribution in [1.29, 1.82) is 0 Å². The molecular weight excluding hydrogens is 256 g/mol. The van der Waals surface area contributed by atoms with Crippen molar-refractivity contribution < 1.29 is 19.3 Å². The number of benzene rings is 1. The number of hydrogen-bond acceptors (Lipinski definition) is 4. The van der Waals surface area contributed by atoms with E-state index >= 15 is 0 Å². The van der Waals surface area contributed by atoms with E-state index in [-0.39, 0.29) is 6.10 Å². The molecule has 0 heterocycles. The molecule has 20 heavy (non-hydrogen) atoms. The molecule has 4 heteroatoms. The van der Waals surface area contributed by atoms with Gasteiger partial charge in [0.15, 0.2) is 0 Å². The topological polar surface area (TPSA) is 47.9 Å². The van der Waals surface area contributed by atoms with Crippen LogP contribution in [0.15, 0.2) is 18.2 Å². The second-order valence-electron chi connectivity index (χ2n) is 5.07. The maximum atomic E-state index is 10.4. The van der Waals surface area contributed by atoms with Crippen LogP contribution in [0.25, 0.3) is 0 Å². The Morgan fingerprint density at radius 1 is 1.25 bits per heavy atom. The Balaban J connectivity index is 1.91. The maximum Gasteiger partial charge on any atom is 0.119 e. The van der Waals surface area contributed by atoms with Crippen LogP contribution in [0, 0.1) is 0 Å². The summed E-state index contributed by atoms with van der Waals surface area (Å²) < 4.78 is 16.4. The van der Waals surface area contributed by atoms with Gasteiger partial charge in [-0.2, -0.15) is 0 Å². The molecule has 1 N–H and O–H groups in total. The molecule has 2 unspecified atom stereocenters. The van der Waals surface area contributed by atoms with Gasteiger partial charge in [-0.3, -0.25) is 0 Å². The highest BCUT2D eigenvalue weighted by Gasteiger charge is 2.28. The van der Waals surface area contributed by atoms with Crippen LogP contribution in [0.1, 0.15) is 37.0 Å². The van der Waals surface area contributed by atoms with Crippen molar-refractivity contribution in [2.45, 2.75) is 38.4 Å². The molecule has 0 fully saturated rings. The highest BCUT2D eigenvalue weighted by atomic mass is 16.5. The summed E-state index contributed by atoms with van der Waals surface area (Å²) in [6, 6.07) is 5.87. The molecule has 2 rings (SSSR count). The Labute approximate surface area is 120 Å². The Hall–Kier alpha value is -1.10. The zero-order valence-electron chi connectivity index (χ0n) is 12.3. The van der Waals surface area contributed by atoms with Crippen LogP contribution in [0.5, 0.6) is 5.75 Å². The predicted molar refractivity (Wildman–Crippen MR) is 77.1 cm³/mol. The molecule has 2 atom stereocenters. The molecule has 0 saturated carbocycles. The van der Waals surface area contributed by atoms with E-state index in [0.29, 0.717) is 13.2 Å². The van der Waals surface area contributed by atoms with Gasteiger partial charge in [-0.25, -0.2) is 0 Å². The minimum absolute atomic E-state index is 0.153. The molecule has 0 aromatic heterocycles. The quantitative estimate of drug-likeness (QED) is 0.780. The van der Waals surface area contributed by atoms with Gasteiger partial charge in [-0.05, 0) is 42.5 Å². The van der Waals surface area contributed by atoms with Crippen molar-refractivity contribution in [3.63, 3.8) is 0 Å². The number of aliphatic hydroxyl groups is 1. The minimum atomic E-state index is -0.583. The van der Waals surface area contributed by atoms with Gasteiger partial charge in [0.1, 0.15) is 11.9 Å². The maximum absolute atomic E-state index is 10.4. The fourth-order valence-corrected chi connectivity index (χ4v) is 2.54. The second kappa shape index (κ2) is 7.62. The molecule has 1 aromatic rings. The highest BCUT2D eigenvalue weighted by molar-refractivity contribution is 5.39. The summed E-state index contributed by atoms with van der Waals surface area (Å²) in [5.74, 6) is 0.773. The highest BCUT2D eigenvalue weighted by Crippen LogP contribution is 2.34. The van der Waals surface area contributed by atoms with E-state index in [2.05, 4.69) is 6.92 Å². The molecule has 112 valence electrons. The number of fused-ring (bicyclic) bond motifs is 1. The Bertz CT molecular complexity index is 419. The summed E-state index contributed by atoms with van der Waals surface area (Å²) in [5, 5.41) is 10.4.